The van der Waals surface area contributed by atoms with Gasteiger partial charge in [-0.15, -0.1) is 0 Å². The summed E-state index contributed by atoms with van der Waals surface area (Å²) in [7, 11) is 0. The molecule has 0 aliphatic carbocycles. The smallest absolute Gasteiger partial charge is 0.120 e. The number of aromatic nitrogens is 1. The second kappa shape index (κ2) is 6.58. The topological polar surface area (TPSA) is 60.7 Å². The van der Waals surface area contributed by atoms with Crippen molar-refractivity contribution in [2.45, 2.75) is 6.54 Å². The molecule has 0 bridgehead atoms. The lowest BCUT2D eigenvalue weighted by Gasteiger charge is -2.34. The van der Waals surface area contributed by atoms with Gasteiger partial charge in [0.2, 0.25) is 0 Å². The maximum Gasteiger partial charge on any atom is 0.120 e. The molecule has 0 atom stereocenters. The van der Waals surface area contributed by atoms with E-state index in [-0.39, 0.29) is 5.56 Å². The molecule has 3 rings (SSSR count). The van der Waals surface area contributed by atoms with Crippen molar-refractivity contribution < 1.29 is 14.8 Å². The third kappa shape index (κ3) is 3.26. The monoisotopic (exact) mass is 297 g/mol. The zero-order chi connectivity index (χ0) is 15.4. The lowest BCUT2D eigenvalue weighted by Crippen LogP contribution is -3.13. The van der Waals surface area contributed by atoms with E-state index < -0.39 is 5.97 Å². The van der Waals surface area contributed by atoms with Crippen LogP contribution in [0.5, 0.6) is 0 Å². The fourth-order valence-electron chi connectivity index (χ4n) is 2.92. The standard InChI is InChI=1S/C17H19N3O2/c21-17(22)15-6-1-2-7-16(15)20-11-9-19(10-12-20)13-14-5-3-4-8-18-14/h1-8H,9-13H2,(H,21,22). The number of piperazine rings is 1. The minimum absolute atomic E-state index is 0.274. The molecule has 22 heavy (non-hydrogen) atoms. The van der Waals surface area contributed by atoms with Gasteiger partial charge >= 0.3 is 0 Å². The van der Waals surface area contributed by atoms with Crippen molar-refractivity contribution >= 4 is 11.7 Å². The number of rotatable bonds is 4. The van der Waals surface area contributed by atoms with Gasteiger partial charge < -0.3 is 19.7 Å². The fourth-order valence-corrected chi connectivity index (χ4v) is 2.92. The number of carbonyl (C=O) groups is 1. The summed E-state index contributed by atoms with van der Waals surface area (Å²) in [5.41, 5.74) is 2.14. The van der Waals surface area contributed by atoms with E-state index in [2.05, 4.69) is 9.88 Å². The average molecular weight is 297 g/mol. The second-order valence-electron chi connectivity index (χ2n) is 5.54. The predicted octanol–water partition coefficient (Wildman–Crippen LogP) is -0.650. The normalized spacial score (nSPS) is 15.7. The summed E-state index contributed by atoms with van der Waals surface area (Å²) in [6.07, 6.45) is 1.82. The Hall–Kier alpha value is -2.40. The summed E-state index contributed by atoms with van der Waals surface area (Å²) in [4.78, 5) is 19.2. The van der Waals surface area contributed by atoms with Gasteiger partial charge in [-0.2, -0.15) is 0 Å². The number of carbonyl (C=O) groups excluding carboxylic acids is 1. The molecule has 1 N–H and O–H groups in total. The number of carboxylic acid groups (broad SMARTS) is 1. The number of hydrogen-bond acceptors (Lipinski definition) is 4. The number of anilines is 1. The zero-order valence-corrected chi connectivity index (χ0v) is 12.4. The Morgan fingerprint density at radius 2 is 1.86 bits per heavy atom. The Morgan fingerprint density at radius 3 is 2.55 bits per heavy atom. The lowest BCUT2D eigenvalue weighted by atomic mass is 10.1. The molecule has 1 aliphatic rings. The molecule has 5 nitrogen and oxygen atoms in total. The van der Waals surface area contributed by atoms with Gasteiger partial charge in [0.25, 0.3) is 0 Å². The van der Waals surface area contributed by atoms with Crippen molar-refractivity contribution in [3.63, 3.8) is 0 Å². The Labute approximate surface area is 129 Å². The van der Waals surface area contributed by atoms with Crippen molar-refractivity contribution in [2.24, 2.45) is 0 Å². The third-order valence-electron chi connectivity index (χ3n) is 4.09. The van der Waals surface area contributed by atoms with E-state index in [1.54, 1.807) is 12.1 Å². The SMILES string of the molecule is O=C([O-])c1ccccc1N1CC[NH+](Cc2ccccn2)CC1. The fraction of sp³-hybridized carbons (Fsp3) is 0.294. The van der Waals surface area contributed by atoms with E-state index in [1.807, 2.05) is 36.5 Å². The molecule has 114 valence electrons. The quantitative estimate of drug-likeness (QED) is 0.815. The van der Waals surface area contributed by atoms with Crippen LogP contribution < -0.4 is 14.9 Å². The van der Waals surface area contributed by atoms with E-state index in [9.17, 15) is 9.90 Å². The first-order valence-corrected chi connectivity index (χ1v) is 7.53. The van der Waals surface area contributed by atoms with Gasteiger partial charge in [0, 0.05) is 17.4 Å². The predicted molar refractivity (Wildman–Crippen MR) is 81.6 cm³/mol. The van der Waals surface area contributed by atoms with E-state index in [4.69, 9.17) is 0 Å². The van der Waals surface area contributed by atoms with Crippen molar-refractivity contribution in [1.29, 1.82) is 0 Å². The molecule has 2 aromatic rings. The molecule has 0 spiro atoms. The Kier molecular flexibility index (Phi) is 4.34. The number of aromatic carboxylic acids is 1. The van der Waals surface area contributed by atoms with Crippen LogP contribution in [-0.4, -0.2) is 37.1 Å². The summed E-state index contributed by atoms with van der Waals surface area (Å²) in [5.74, 6) is -1.11. The average Bonchev–Trinajstić information content (AvgIpc) is 2.56. The van der Waals surface area contributed by atoms with Crippen LogP contribution in [0.25, 0.3) is 0 Å². The van der Waals surface area contributed by atoms with Crippen LogP contribution in [-0.2, 0) is 6.54 Å². The minimum atomic E-state index is -1.11. The molecule has 0 unspecified atom stereocenters. The summed E-state index contributed by atoms with van der Waals surface area (Å²) in [6.45, 7) is 4.53. The highest BCUT2D eigenvalue weighted by molar-refractivity contribution is 5.93. The summed E-state index contributed by atoms with van der Waals surface area (Å²) >= 11 is 0. The molecule has 0 radical (unpaired) electrons. The number of nitrogens with one attached hydrogen (secondary N) is 1. The van der Waals surface area contributed by atoms with Crippen LogP contribution in [0.15, 0.2) is 48.7 Å². The van der Waals surface area contributed by atoms with E-state index >= 15 is 0 Å². The third-order valence-corrected chi connectivity index (χ3v) is 4.09. The van der Waals surface area contributed by atoms with Crippen LogP contribution in [0.1, 0.15) is 16.1 Å². The number of nitrogens with zero attached hydrogens (tertiary/aromatic N) is 2. The molecular formula is C17H19N3O2. The first kappa shape index (κ1) is 14.5. The van der Waals surface area contributed by atoms with Gasteiger partial charge in [0.1, 0.15) is 6.54 Å². The van der Waals surface area contributed by atoms with Crippen LogP contribution in [0.3, 0.4) is 0 Å². The van der Waals surface area contributed by atoms with Crippen molar-refractivity contribution in [3.05, 3.63) is 59.9 Å². The number of benzene rings is 1. The number of quaternary nitrogens is 1. The summed E-state index contributed by atoms with van der Waals surface area (Å²) in [5, 5.41) is 11.2. The molecule has 2 heterocycles. The Bertz CT molecular complexity index is 637. The molecule has 1 fully saturated rings. The maximum atomic E-state index is 11.2. The van der Waals surface area contributed by atoms with Gasteiger partial charge in [-0.1, -0.05) is 24.3 Å². The van der Waals surface area contributed by atoms with Gasteiger partial charge in [-0.25, -0.2) is 0 Å². The maximum absolute atomic E-state index is 11.2. The van der Waals surface area contributed by atoms with Crippen molar-refractivity contribution in [3.8, 4) is 0 Å². The highest BCUT2D eigenvalue weighted by Crippen LogP contribution is 2.19. The molecule has 1 aromatic heterocycles. The molecule has 1 aliphatic heterocycles. The molecule has 1 saturated heterocycles. The van der Waals surface area contributed by atoms with Crippen LogP contribution >= 0.6 is 0 Å². The number of pyridine rings is 1. The van der Waals surface area contributed by atoms with Gasteiger partial charge in [-0.05, 0) is 18.2 Å². The Balaban J connectivity index is 1.64. The first-order valence-electron chi connectivity index (χ1n) is 7.53. The summed E-state index contributed by atoms with van der Waals surface area (Å²) < 4.78 is 0. The number of para-hydroxylation sites is 1. The van der Waals surface area contributed by atoms with Gasteiger partial charge in [0.05, 0.1) is 37.8 Å². The lowest BCUT2D eigenvalue weighted by molar-refractivity contribution is -0.914. The Morgan fingerprint density at radius 1 is 1.14 bits per heavy atom. The minimum Gasteiger partial charge on any atom is -0.545 e. The molecule has 0 amide bonds. The van der Waals surface area contributed by atoms with Crippen LogP contribution in [0.4, 0.5) is 5.69 Å². The zero-order valence-electron chi connectivity index (χ0n) is 12.4. The molecular weight excluding hydrogens is 278 g/mol. The first-order chi connectivity index (χ1) is 10.7. The van der Waals surface area contributed by atoms with E-state index in [0.29, 0.717) is 0 Å². The summed E-state index contributed by atoms with van der Waals surface area (Å²) in [6, 6.07) is 13.0. The van der Waals surface area contributed by atoms with Crippen LogP contribution in [0.2, 0.25) is 0 Å². The second-order valence-corrected chi connectivity index (χ2v) is 5.54. The highest BCUT2D eigenvalue weighted by Gasteiger charge is 2.22. The molecule has 1 aromatic carbocycles. The molecule has 0 saturated carbocycles. The van der Waals surface area contributed by atoms with Gasteiger partial charge in [-0.3, -0.25) is 4.98 Å². The largest absolute Gasteiger partial charge is 0.545 e. The van der Waals surface area contributed by atoms with Crippen molar-refractivity contribution in [2.75, 3.05) is 31.1 Å². The number of carboxylic acids is 1. The molecule has 5 heteroatoms. The van der Waals surface area contributed by atoms with Crippen molar-refractivity contribution in [1.82, 2.24) is 4.98 Å². The van der Waals surface area contributed by atoms with Crippen LogP contribution in [0, 0.1) is 0 Å². The van der Waals surface area contributed by atoms with E-state index in [1.165, 1.54) is 4.90 Å². The van der Waals surface area contributed by atoms with E-state index in [0.717, 1.165) is 44.1 Å². The number of hydrogen-bond donors (Lipinski definition) is 1. The van der Waals surface area contributed by atoms with Gasteiger partial charge in [0.15, 0.2) is 0 Å². The highest BCUT2D eigenvalue weighted by atomic mass is 16.4.